The number of nitrogens with one attached hydrogen (secondary N) is 1. The third-order valence-electron chi connectivity index (χ3n) is 8.05. The first kappa shape index (κ1) is 25.2. The molecule has 6 atom stereocenters. The van der Waals surface area contributed by atoms with Crippen molar-refractivity contribution in [3.05, 3.63) is 120 Å². The fraction of sp³-hybridized carbons (Fsp3) is 0.368. The molecule has 0 saturated heterocycles. The Morgan fingerprint density at radius 2 is 1.33 bits per heavy atom. The molecule has 0 bridgehead atoms. The van der Waals surface area contributed by atoms with E-state index in [2.05, 4.69) is 15.3 Å². The van der Waals surface area contributed by atoms with Gasteiger partial charge in [-0.05, 0) is 66.7 Å². The van der Waals surface area contributed by atoms with E-state index in [9.17, 15) is 14.7 Å². The van der Waals surface area contributed by atoms with E-state index in [1.165, 1.54) is 36.7 Å². The van der Waals surface area contributed by atoms with Crippen LogP contribution in [0.1, 0.15) is 86.4 Å². The Balaban J connectivity index is 0.000000217. The van der Waals surface area contributed by atoms with Crippen LogP contribution >= 0.6 is 0 Å². The number of nitrogens with zero attached hydrogens (tertiary/aromatic N) is 2. The molecule has 49 heavy (non-hydrogen) atoms. The topological polar surface area (TPSA) is 177 Å². The summed E-state index contributed by atoms with van der Waals surface area (Å²) in [5.41, 5.74) is 8.85. The summed E-state index contributed by atoms with van der Waals surface area (Å²) < 4.78 is 81.4. The zero-order chi connectivity index (χ0) is 43.8. The maximum Gasteiger partial charge on any atom is 0.307 e. The van der Waals surface area contributed by atoms with Gasteiger partial charge in [-0.1, -0.05) is 66.7 Å². The van der Waals surface area contributed by atoms with Crippen LogP contribution in [0.4, 0.5) is 0 Å². The molecule has 2 saturated carbocycles. The number of rotatable bonds is 13. The van der Waals surface area contributed by atoms with E-state index in [4.69, 9.17) is 39.1 Å². The zero-order valence-electron chi connectivity index (χ0n) is 36.5. The zero-order valence-corrected chi connectivity index (χ0v) is 26.5. The van der Waals surface area contributed by atoms with Crippen LogP contribution in [0, 0.1) is 11.8 Å². The van der Waals surface area contributed by atoms with Gasteiger partial charge < -0.3 is 35.8 Å². The lowest BCUT2D eigenvalue weighted by molar-refractivity contribution is -0.138. The van der Waals surface area contributed by atoms with E-state index in [-0.39, 0.29) is 54.6 Å². The number of aliphatic hydroxyl groups is 2. The van der Waals surface area contributed by atoms with Crippen molar-refractivity contribution in [1.29, 1.82) is 0 Å². The monoisotopic (exact) mass is 680 g/mol. The van der Waals surface area contributed by atoms with Gasteiger partial charge in [0.1, 0.15) is 0 Å². The summed E-state index contributed by atoms with van der Waals surface area (Å²) in [6.45, 7) is -12.2. The molecule has 2 aromatic heterocycles. The first-order valence-corrected chi connectivity index (χ1v) is 15.5. The van der Waals surface area contributed by atoms with Gasteiger partial charge in [-0.2, -0.15) is 0 Å². The van der Waals surface area contributed by atoms with Gasteiger partial charge in [0.2, 0.25) is 17.7 Å². The number of aromatic nitrogens is 2. The second-order valence-corrected chi connectivity index (χ2v) is 11.4. The number of amides is 1. The first-order valence-electron chi connectivity index (χ1n) is 20.5. The smallest absolute Gasteiger partial charge is 0.307 e. The van der Waals surface area contributed by atoms with Gasteiger partial charge >= 0.3 is 5.97 Å². The summed E-state index contributed by atoms with van der Waals surface area (Å²) in [6, 6.07) is 23.9. The number of benzene rings is 2. The van der Waals surface area contributed by atoms with Crippen LogP contribution < -0.4 is 20.5 Å². The molecule has 4 aromatic rings. The Morgan fingerprint density at radius 1 is 0.816 bits per heavy atom. The lowest BCUT2D eigenvalue weighted by Gasteiger charge is -2.17. The number of aliphatic hydroxyl groups excluding tert-OH is 2. The molecule has 1 amide bonds. The maximum absolute atomic E-state index is 12.5. The van der Waals surface area contributed by atoms with Crippen molar-refractivity contribution >= 4 is 11.9 Å². The fourth-order valence-electron chi connectivity index (χ4n) is 5.14. The average Bonchev–Trinajstić information content (AvgIpc) is 4.12. The number of nitrogens with two attached hydrogens (primary N) is 1. The molecular formula is C38H46N4O7. The highest BCUT2D eigenvalue weighted by Crippen LogP contribution is 2.48. The lowest BCUT2D eigenvalue weighted by Crippen LogP contribution is -2.32. The summed E-state index contributed by atoms with van der Waals surface area (Å²) in [6.07, 6.45) is 4.17. The van der Waals surface area contributed by atoms with Crippen molar-refractivity contribution in [2.45, 2.75) is 50.5 Å². The molecule has 2 aliphatic rings. The first-order chi connectivity index (χ1) is 27.6. The Kier molecular flexibility index (Phi) is 9.58. The number of hydrogen-bond donors (Lipinski definition) is 5. The van der Waals surface area contributed by atoms with E-state index in [0.717, 1.165) is 24.0 Å². The third kappa shape index (κ3) is 11.1. The molecule has 0 radical (unpaired) electrons. The minimum atomic E-state index is -2.96. The number of carbonyl (C=O) groups excluding carboxylic acids is 1. The molecule has 6 rings (SSSR count). The van der Waals surface area contributed by atoms with Gasteiger partial charge in [-0.25, -0.2) is 9.97 Å². The highest BCUT2D eigenvalue weighted by atomic mass is 16.5. The molecule has 11 heteroatoms. The van der Waals surface area contributed by atoms with E-state index >= 15 is 0 Å². The van der Waals surface area contributed by atoms with Crippen LogP contribution in [0.5, 0.6) is 11.8 Å². The summed E-state index contributed by atoms with van der Waals surface area (Å²) in [4.78, 5) is 30.7. The van der Waals surface area contributed by atoms with E-state index in [0.29, 0.717) is 11.1 Å². The highest BCUT2D eigenvalue weighted by molar-refractivity contribution is 5.83. The van der Waals surface area contributed by atoms with Gasteiger partial charge in [0, 0.05) is 38.7 Å². The maximum atomic E-state index is 12.5. The van der Waals surface area contributed by atoms with Crippen LogP contribution in [0.25, 0.3) is 0 Å². The van der Waals surface area contributed by atoms with Gasteiger partial charge in [-0.15, -0.1) is 0 Å². The quantitative estimate of drug-likeness (QED) is 0.132. The number of pyridine rings is 2. The van der Waals surface area contributed by atoms with Crippen molar-refractivity contribution < 1.29 is 48.1 Å². The summed E-state index contributed by atoms with van der Waals surface area (Å²) in [5, 5.41) is 30.0. The van der Waals surface area contributed by atoms with E-state index in [1.807, 2.05) is 60.7 Å². The number of aliphatic carboxylic acids is 1. The summed E-state index contributed by atoms with van der Waals surface area (Å²) >= 11 is 0. The van der Waals surface area contributed by atoms with Crippen LogP contribution in [0.15, 0.2) is 97.3 Å². The molecule has 2 fully saturated rings. The second-order valence-electron chi connectivity index (χ2n) is 11.4. The molecule has 2 aliphatic carbocycles. The van der Waals surface area contributed by atoms with Crippen molar-refractivity contribution in [3.8, 4) is 11.8 Å². The Labute approximate surface area is 301 Å². The SMILES string of the molecule is O=C(O)[C@H]1C[C@@H]1c1ccccc1.[2H]C([2H])([2H])C([2H])([2H])Oc1ccc([C@@H](N)CO)cn1.[2H]C([2H])([2H])C([2H])([2H])Oc1ccc([C@H](CO)NC(=O)[C@H]2C[C@@H]2c2ccccc2)cn1. The number of hydrogen-bond acceptors (Lipinski definition) is 9. The van der Waals surface area contributed by atoms with Crippen LogP contribution in [-0.4, -0.2) is 63.5 Å². The Morgan fingerprint density at radius 3 is 1.76 bits per heavy atom. The summed E-state index contributed by atoms with van der Waals surface area (Å²) in [5.74, 6) is -1.02. The molecule has 6 N–H and O–H groups in total. The molecule has 2 aromatic carbocycles. The number of carboxylic acids is 1. The largest absolute Gasteiger partial charge is 0.481 e. The van der Waals surface area contributed by atoms with Crippen molar-refractivity contribution in [3.63, 3.8) is 0 Å². The molecule has 0 spiro atoms. The highest BCUT2D eigenvalue weighted by Gasteiger charge is 2.44. The molecule has 2 heterocycles. The van der Waals surface area contributed by atoms with Gasteiger partial charge in [0.15, 0.2) is 0 Å². The molecule has 0 unspecified atom stereocenters. The van der Waals surface area contributed by atoms with E-state index < -0.39 is 44.9 Å². The molecule has 0 aliphatic heterocycles. The van der Waals surface area contributed by atoms with Crippen LogP contribution in [-0.2, 0) is 9.59 Å². The molecule has 260 valence electrons. The predicted molar refractivity (Wildman–Crippen MR) is 185 cm³/mol. The number of ether oxygens (including phenoxy) is 2. The molecule has 11 nitrogen and oxygen atoms in total. The number of carbonyl (C=O) groups is 2. The predicted octanol–water partition coefficient (Wildman–Crippen LogP) is 4.78. The van der Waals surface area contributed by atoms with E-state index in [1.54, 1.807) is 0 Å². The minimum absolute atomic E-state index is 0.132. The standard InChI is InChI=1S/C19H22N2O3.C10H10O2.C9H14N2O2/c1-2-24-18-9-8-14(11-20-18)17(12-22)21-19(23)16-10-15(16)13-6-4-3-5-7-13;11-10(12)9-6-8(9)7-4-2-1-3-5-7;1-2-13-9-4-3-7(5-11-9)8(10)6-12/h3-9,11,15-17,22H,2,10,12H2,1H3,(H,21,23);1-5,8-9H,6H2,(H,11,12);3-5,8,12H,2,6,10H2,1H3/t15-,16+,17+;8-,9+;8-/m110/s1/i1D3,2D2;;1D3,2D2. The number of carboxylic acid groups (broad SMARTS) is 1. The van der Waals surface area contributed by atoms with Crippen LogP contribution in [0.3, 0.4) is 0 Å². The normalized spacial score (nSPS) is 23.9. The Hall–Kier alpha value is -4.84. The minimum Gasteiger partial charge on any atom is -0.481 e. The Bertz CT molecular complexity index is 1960. The van der Waals surface area contributed by atoms with Crippen molar-refractivity contribution in [2.75, 3.05) is 26.3 Å². The molecular weight excluding hydrogens is 624 g/mol. The van der Waals surface area contributed by atoms with Gasteiger partial charge in [0.25, 0.3) is 0 Å². The lowest BCUT2D eigenvalue weighted by atomic mass is 10.1. The second kappa shape index (κ2) is 18.6. The van der Waals surface area contributed by atoms with Gasteiger partial charge in [0.05, 0.1) is 49.8 Å². The third-order valence-corrected chi connectivity index (χ3v) is 8.05. The van der Waals surface area contributed by atoms with Gasteiger partial charge in [-0.3, -0.25) is 9.59 Å². The van der Waals surface area contributed by atoms with Crippen molar-refractivity contribution in [1.82, 2.24) is 15.3 Å². The van der Waals surface area contributed by atoms with Crippen LogP contribution in [0.2, 0.25) is 0 Å². The fourth-order valence-corrected chi connectivity index (χ4v) is 5.14. The summed E-state index contributed by atoms with van der Waals surface area (Å²) in [7, 11) is 0. The van der Waals surface area contributed by atoms with Crippen molar-refractivity contribution in [2.24, 2.45) is 17.6 Å². The average molecular weight is 681 g/mol.